The van der Waals surface area contributed by atoms with E-state index in [1.165, 1.54) is 6.08 Å². The van der Waals surface area contributed by atoms with Crippen molar-refractivity contribution in [2.75, 3.05) is 6.61 Å². The number of furan rings is 1. The monoisotopic (exact) mass is 354 g/mol. The maximum absolute atomic E-state index is 11.5. The topological polar surface area (TPSA) is 39.4 Å². The highest BCUT2D eigenvalue weighted by atomic mass is 127. The van der Waals surface area contributed by atoms with Gasteiger partial charge in [0, 0.05) is 9.13 Å². The van der Waals surface area contributed by atoms with Gasteiger partial charge in [-0.1, -0.05) is 24.8 Å². The molecule has 0 aliphatic rings. The number of ether oxygens (including phenoxy) is 1. The zero-order valence-corrected chi connectivity index (χ0v) is 11.7. The van der Waals surface area contributed by atoms with Crippen LogP contribution in [0.15, 0.2) is 53.5 Å². The largest absolute Gasteiger partial charge is 0.456 e. The number of rotatable bonds is 4. The third kappa shape index (κ3) is 3.01. The highest BCUT2D eigenvalue weighted by Gasteiger charge is 2.12. The highest BCUT2D eigenvalue weighted by Crippen LogP contribution is 2.23. The fraction of sp³-hybridized carbons (Fsp3) is 0.0714. The molecule has 0 aliphatic carbocycles. The van der Waals surface area contributed by atoms with Gasteiger partial charge in [-0.05, 0) is 46.9 Å². The van der Waals surface area contributed by atoms with Gasteiger partial charge in [-0.25, -0.2) is 4.79 Å². The van der Waals surface area contributed by atoms with Crippen molar-refractivity contribution < 1.29 is 13.9 Å². The molecule has 1 aromatic heterocycles. The van der Waals surface area contributed by atoms with Crippen molar-refractivity contribution in [1.82, 2.24) is 0 Å². The average molecular weight is 354 g/mol. The van der Waals surface area contributed by atoms with Crippen LogP contribution in [-0.4, -0.2) is 12.6 Å². The molecule has 1 heterocycles. The minimum Gasteiger partial charge on any atom is -0.456 e. The van der Waals surface area contributed by atoms with Gasteiger partial charge in [-0.3, -0.25) is 0 Å². The lowest BCUT2D eigenvalue weighted by Gasteiger charge is -1.99. The third-order valence-electron chi connectivity index (χ3n) is 2.27. The molecule has 4 heteroatoms. The number of hydrogen-bond donors (Lipinski definition) is 0. The van der Waals surface area contributed by atoms with Gasteiger partial charge in [0.05, 0.1) is 0 Å². The molecule has 2 aromatic rings. The average Bonchev–Trinajstić information content (AvgIpc) is 2.86. The summed E-state index contributed by atoms with van der Waals surface area (Å²) in [7, 11) is 0. The van der Waals surface area contributed by atoms with Crippen molar-refractivity contribution in [2.45, 2.75) is 0 Å². The molecule has 18 heavy (non-hydrogen) atoms. The number of carbonyl (C=O) groups excluding carboxylic acids is 1. The summed E-state index contributed by atoms with van der Waals surface area (Å²) in [5.74, 6) is 0.369. The minimum atomic E-state index is -0.480. The van der Waals surface area contributed by atoms with Gasteiger partial charge in [-0.15, -0.1) is 0 Å². The lowest BCUT2D eigenvalue weighted by molar-refractivity contribution is 0.0514. The van der Waals surface area contributed by atoms with Crippen LogP contribution in [0.4, 0.5) is 0 Å². The van der Waals surface area contributed by atoms with E-state index in [2.05, 4.69) is 29.2 Å². The number of carbonyl (C=O) groups is 1. The van der Waals surface area contributed by atoms with Crippen LogP contribution < -0.4 is 0 Å². The number of esters is 1. The molecule has 1 aromatic carbocycles. The Kier molecular flexibility index (Phi) is 4.19. The molecule has 0 unspecified atom stereocenters. The summed E-state index contributed by atoms with van der Waals surface area (Å²) in [5, 5.41) is 0. The first kappa shape index (κ1) is 12.9. The summed E-state index contributed by atoms with van der Waals surface area (Å²) >= 11 is 2.23. The Hall–Kier alpha value is -1.56. The first-order valence-electron chi connectivity index (χ1n) is 5.34. The van der Waals surface area contributed by atoms with E-state index in [-0.39, 0.29) is 12.4 Å². The Morgan fingerprint density at radius 2 is 2.00 bits per heavy atom. The summed E-state index contributed by atoms with van der Waals surface area (Å²) in [6.07, 6.45) is 1.51. The first-order valence-corrected chi connectivity index (χ1v) is 6.42. The van der Waals surface area contributed by atoms with Crippen LogP contribution in [0.3, 0.4) is 0 Å². The third-order valence-corrected chi connectivity index (χ3v) is 2.99. The molecular weight excluding hydrogens is 343 g/mol. The molecule has 0 spiro atoms. The number of hydrogen-bond acceptors (Lipinski definition) is 3. The van der Waals surface area contributed by atoms with Gasteiger partial charge in [-0.2, -0.15) is 0 Å². The normalized spacial score (nSPS) is 10.1. The first-order chi connectivity index (χ1) is 8.70. The van der Waals surface area contributed by atoms with Gasteiger partial charge in [0.25, 0.3) is 0 Å². The second-order valence-corrected chi connectivity index (χ2v) is 4.80. The van der Waals surface area contributed by atoms with Gasteiger partial charge in [0.2, 0.25) is 5.76 Å². The van der Waals surface area contributed by atoms with Crippen LogP contribution in [0, 0.1) is 3.57 Å². The van der Waals surface area contributed by atoms with E-state index in [9.17, 15) is 4.79 Å². The lowest BCUT2D eigenvalue weighted by Crippen LogP contribution is -2.03. The van der Waals surface area contributed by atoms with Crippen molar-refractivity contribution in [3.05, 3.63) is 58.4 Å². The molecule has 0 saturated carbocycles. The molecule has 0 saturated heterocycles. The maximum atomic E-state index is 11.5. The summed E-state index contributed by atoms with van der Waals surface area (Å²) < 4.78 is 11.5. The Labute approximate surface area is 119 Å². The smallest absolute Gasteiger partial charge is 0.374 e. The quantitative estimate of drug-likeness (QED) is 0.475. The van der Waals surface area contributed by atoms with E-state index in [0.717, 1.165) is 9.13 Å². The zero-order chi connectivity index (χ0) is 13.0. The van der Waals surface area contributed by atoms with E-state index in [1.807, 2.05) is 24.3 Å². The minimum absolute atomic E-state index is 0.179. The fourth-order valence-corrected chi connectivity index (χ4v) is 1.78. The van der Waals surface area contributed by atoms with Crippen molar-refractivity contribution in [2.24, 2.45) is 0 Å². The Morgan fingerprint density at radius 3 is 2.67 bits per heavy atom. The summed E-state index contributed by atoms with van der Waals surface area (Å²) in [6.45, 7) is 3.66. The predicted octanol–water partition coefficient (Wildman–Crippen LogP) is 3.89. The standard InChI is InChI=1S/C14H11IO3/c1-2-9-17-14(16)13-8-7-12(18-13)10-3-5-11(15)6-4-10/h2-8H,1,9H2. The highest BCUT2D eigenvalue weighted by molar-refractivity contribution is 14.1. The molecule has 0 bridgehead atoms. The zero-order valence-electron chi connectivity index (χ0n) is 9.56. The van der Waals surface area contributed by atoms with Crippen LogP contribution in [0.1, 0.15) is 10.6 Å². The van der Waals surface area contributed by atoms with Crippen molar-refractivity contribution >= 4 is 28.6 Å². The number of benzene rings is 1. The van der Waals surface area contributed by atoms with Crippen LogP contribution in [0.5, 0.6) is 0 Å². The van der Waals surface area contributed by atoms with Crippen molar-refractivity contribution in [1.29, 1.82) is 0 Å². The van der Waals surface area contributed by atoms with E-state index in [1.54, 1.807) is 12.1 Å². The lowest BCUT2D eigenvalue weighted by atomic mass is 10.2. The van der Waals surface area contributed by atoms with E-state index in [4.69, 9.17) is 9.15 Å². The Balaban J connectivity index is 2.17. The second kappa shape index (κ2) is 5.86. The Bertz CT molecular complexity index is 555. The summed E-state index contributed by atoms with van der Waals surface area (Å²) in [5.41, 5.74) is 0.929. The second-order valence-electron chi connectivity index (χ2n) is 3.56. The van der Waals surface area contributed by atoms with E-state index >= 15 is 0 Å². The fourth-order valence-electron chi connectivity index (χ4n) is 1.42. The summed E-state index contributed by atoms with van der Waals surface area (Å²) in [4.78, 5) is 11.5. The Morgan fingerprint density at radius 1 is 1.28 bits per heavy atom. The predicted molar refractivity (Wildman–Crippen MR) is 77.3 cm³/mol. The molecular formula is C14H11IO3. The molecule has 3 nitrogen and oxygen atoms in total. The number of halogens is 1. The molecule has 0 atom stereocenters. The van der Waals surface area contributed by atoms with Crippen LogP contribution in [0.25, 0.3) is 11.3 Å². The molecule has 0 aliphatic heterocycles. The maximum Gasteiger partial charge on any atom is 0.374 e. The van der Waals surface area contributed by atoms with Gasteiger partial charge in [0.1, 0.15) is 12.4 Å². The van der Waals surface area contributed by atoms with Crippen molar-refractivity contribution in [3.63, 3.8) is 0 Å². The molecule has 0 amide bonds. The van der Waals surface area contributed by atoms with Gasteiger partial charge < -0.3 is 9.15 Å². The van der Waals surface area contributed by atoms with Crippen molar-refractivity contribution in [3.8, 4) is 11.3 Å². The van der Waals surface area contributed by atoms with E-state index < -0.39 is 5.97 Å². The molecule has 92 valence electrons. The summed E-state index contributed by atoms with van der Waals surface area (Å²) in [6, 6.07) is 11.2. The van der Waals surface area contributed by atoms with Gasteiger partial charge >= 0.3 is 5.97 Å². The molecule has 0 N–H and O–H groups in total. The van der Waals surface area contributed by atoms with E-state index in [0.29, 0.717) is 5.76 Å². The molecule has 0 radical (unpaired) electrons. The van der Waals surface area contributed by atoms with Crippen LogP contribution in [-0.2, 0) is 4.74 Å². The van der Waals surface area contributed by atoms with Crippen LogP contribution >= 0.6 is 22.6 Å². The van der Waals surface area contributed by atoms with Gasteiger partial charge in [0.15, 0.2) is 0 Å². The molecule has 0 fully saturated rings. The molecule has 2 rings (SSSR count). The van der Waals surface area contributed by atoms with Crippen LogP contribution in [0.2, 0.25) is 0 Å². The SMILES string of the molecule is C=CCOC(=O)c1ccc(-c2ccc(I)cc2)o1.